The molecule has 1 aromatic carbocycles. The molecule has 2 nitrogen and oxygen atoms in total. The first kappa shape index (κ1) is 15.0. The molecule has 1 fully saturated rings. The molecule has 0 aromatic heterocycles. The molecule has 1 aliphatic carbocycles. The van der Waals surface area contributed by atoms with Crippen molar-refractivity contribution in [3.63, 3.8) is 0 Å². The number of hydrogen-bond acceptors (Lipinski definition) is 2. The van der Waals surface area contributed by atoms with E-state index >= 15 is 0 Å². The van der Waals surface area contributed by atoms with Crippen molar-refractivity contribution in [3.05, 3.63) is 24.3 Å². The van der Waals surface area contributed by atoms with Crippen LogP contribution >= 0.6 is 13.6 Å². The van der Waals surface area contributed by atoms with E-state index in [0.717, 1.165) is 11.5 Å². The van der Waals surface area contributed by atoms with E-state index in [0.29, 0.717) is 6.10 Å². The summed E-state index contributed by atoms with van der Waals surface area (Å²) in [5, 5.41) is 0. The monoisotopic (exact) mass is 348 g/mol. The summed E-state index contributed by atoms with van der Waals surface area (Å²) in [6.45, 7) is 0. The van der Waals surface area contributed by atoms with E-state index in [2.05, 4.69) is 19.7 Å². The van der Waals surface area contributed by atoms with Crippen LogP contribution in [0, 0.1) is 6.07 Å². The van der Waals surface area contributed by atoms with Crippen LogP contribution in [0.4, 0.5) is 0 Å². The number of halogens is 1. The van der Waals surface area contributed by atoms with E-state index in [4.69, 9.17) is 9.47 Å². The van der Waals surface area contributed by atoms with Gasteiger partial charge in [-0.05, 0) is 25.7 Å². The van der Waals surface area contributed by atoms with Gasteiger partial charge in [0, 0.05) is 5.75 Å². The van der Waals surface area contributed by atoms with Gasteiger partial charge in [0.05, 0.1) is 19.0 Å². The molecule has 0 aliphatic heterocycles. The Morgan fingerprint density at radius 2 is 1.94 bits per heavy atom. The van der Waals surface area contributed by atoms with Crippen LogP contribution in [0.3, 0.4) is 0 Å². The molecule has 1 aliphatic rings. The topological polar surface area (TPSA) is 18.5 Å². The second-order valence-corrected chi connectivity index (χ2v) is 3.95. The van der Waals surface area contributed by atoms with E-state index < -0.39 is 0 Å². The summed E-state index contributed by atoms with van der Waals surface area (Å²) in [7, 11) is 1.66. The van der Waals surface area contributed by atoms with E-state index in [1.807, 2.05) is 18.2 Å². The molecule has 2 rings (SSSR count). The summed E-state index contributed by atoms with van der Waals surface area (Å²) >= 11 is 4.25. The molecule has 0 spiro atoms. The second-order valence-electron chi connectivity index (χ2n) is 3.95. The van der Waals surface area contributed by atoms with Crippen LogP contribution in [0.5, 0.6) is 11.5 Å². The van der Waals surface area contributed by atoms with Crippen molar-refractivity contribution in [2.24, 2.45) is 0 Å². The van der Waals surface area contributed by atoms with Gasteiger partial charge in [0.15, 0.2) is 0 Å². The van der Waals surface area contributed by atoms with Gasteiger partial charge in [0.1, 0.15) is 0 Å². The SMILES string of the molecule is COc1c[c-]ccc1OC1CCCCC1.[Zn+][Br]. The van der Waals surface area contributed by atoms with Crippen LogP contribution in [-0.2, 0) is 16.3 Å². The predicted molar refractivity (Wildman–Crippen MR) is 68.3 cm³/mol. The standard InChI is InChI=1S/C13H17O2.BrH.Zn/c1-14-12-9-5-6-10-13(12)15-11-7-3-2-4-8-11;;/h6,9-11H,2-4,7-8H2,1H3;1H;/q-1;;+2/p-1. The maximum atomic E-state index is 5.93. The predicted octanol–water partition coefficient (Wildman–Crippen LogP) is 4.05. The van der Waals surface area contributed by atoms with Gasteiger partial charge in [-0.1, -0.05) is 6.42 Å². The first-order chi connectivity index (χ1) is 8.40. The van der Waals surface area contributed by atoms with E-state index in [1.165, 1.54) is 48.4 Å². The average Bonchev–Trinajstić information content (AvgIpc) is 2.43. The summed E-state index contributed by atoms with van der Waals surface area (Å²) < 4.78 is 11.2. The number of hydrogen-bond donors (Lipinski definition) is 0. The molecular formula is C13H17BrO2Zn. The average molecular weight is 351 g/mol. The molecule has 4 heteroatoms. The van der Waals surface area contributed by atoms with Gasteiger partial charge in [-0.3, -0.25) is 0 Å². The van der Waals surface area contributed by atoms with Crippen LogP contribution < -0.4 is 9.47 Å². The zero-order valence-electron chi connectivity index (χ0n) is 10.2. The third kappa shape index (κ3) is 4.97. The van der Waals surface area contributed by atoms with Crippen molar-refractivity contribution < 1.29 is 25.8 Å². The van der Waals surface area contributed by atoms with Crippen molar-refractivity contribution in [3.8, 4) is 11.5 Å². The Labute approximate surface area is 120 Å². The van der Waals surface area contributed by atoms with Gasteiger partial charge in [-0.2, -0.15) is 12.1 Å². The Hall–Kier alpha value is -0.0766. The molecule has 90 valence electrons. The molecule has 0 atom stereocenters. The van der Waals surface area contributed by atoms with E-state index in [-0.39, 0.29) is 0 Å². The van der Waals surface area contributed by atoms with Gasteiger partial charge in [0.2, 0.25) is 0 Å². The molecule has 0 unspecified atom stereocenters. The number of rotatable bonds is 3. The molecule has 0 amide bonds. The van der Waals surface area contributed by atoms with Crippen molar-refractivity contribution in [2.75, 3.05) is 7.11 Å². The van der Waals surface area contributed by atoms with Crippen molar-refractivity contribution >= 4 is 13.6 Å². The molecule has 1 aromatic rings. The maximum absolute atomic E-state index is 5.93. The fraction of sp³-hybridized carbons (Fsp3) is 0.538. The molecule has 0 heterocycles. The third-order valence-electron chi connectivity index (χ3n) is 2.85. The summed E-state index contributed by atoms with van der Waals surface area (Å²) in [6.07, 6.45) is 6.62. The molecular weight excluding hydrogens is 333 g/mol. The van der Waals surface area contributed by atoms with Crippen LogP contribution in [0.1, 0.15) is 32.1 Å². The summed E-state index contributed by atoms with van der Waals surface area (Å²) in [6, 6.07) is 8.59. The molecule has 0 bridgehead atoms. The van der Waals surface area contributed by atoms with Crippen LogP contribution in [-0.4, -0.2) is 13.2 Å². The summed E-state index contributed by atoms with van der Waals surface area (Å²) in [4.78, 5) is 0. The zero-order valence-corrected chi connectivity index (χ0v) is 14.8. The molecule has 0 radical (unpaired) electrons. The Balaban J connectivity index is 0.000000686. The van der Waals surface area contributed by atoms with Gasteiger partial charge in [-0.25, -0.2) is 0 Å². The number of methoxy groups -OCH3 is 1. The van der Waals surface area contributed by atoms with E-state index in [9.17, 15) is 0 Å². The quantitative estimate of drug-likeness (QED) is 0.605. The summed E-state index contributed by atoms with van der Waals surface area (Å²) in [5.41, 5.74) is 0. The normalized spacial score (nSPS) is 15.8. The Bertz CT molecular complexity index is 314. The first-order valence-electron chi connectivity index (χ1n) is 5.87. The number of benzene rings is 1. The third-order valence-corrected chi connectivity index (χ3v) is 2.85. The van der Waals surface area contributed by atoms with Crippen molar-refractivity contribution in [1.29, 1.82) is 0 Å². The van der Waals surface area contributed by atoms with Gasteiger partial charge >= 0.3 is 30.0 Å². The molecule has 0 saturated heterocycles. The van der Waals surface area contributed by atoms with Crippen molar-refractivity contribution in [1.82, 2.24) is 0 Å². The molecule has 0 N–H and O–H groups in total. The van der Waals surface area contributed by atoms with Gasteiger partial charge in [-0.15, -0.1) is 12.1 Å². The van der Waals surface area contributed by atoms with Gasteiger partial charge in [0.25, 0.3) is 0 Å². The minimum absolute atomic E-state index is 0.370. The Morgan fingerprint density at radius 3 is 2.59 bits per heavy atom. The minimum atomic E-state index is 0.370. The molecule has 1 saturated carbocycles. The second kappa shape index (κ2) is 8.93. The van der Waals surface area contributed by atoms with E-state index in [1.54, 1.807) is 7.11 Å². The van der Waals surface area contributed by atoms with Crippen LogP contribution in [0.25, 0.3) is 0 Å². The van der Waals surface area contributed by atoms with Crippen LogP contribution in [0.15, 0.2) is 18.2 Å². The fourth-order valence-electron chi connectivity index (χ4n) is 2.02. The Kier molecular flexibility index (Phi) is 7.87. The van der Waals surface area contributed by atoms with Crippen molar-refractivity contribution in [2.45, 2.75) is 38.2 Å². The summed E-state index contributed by atoms with van der Waals surface area (Å²) in [5.74, 6) is 1.63. The number of ether oxygens (including phenoxy) is 2. The first-order valence-corrected chi connectivity index (χ1v) is 12.8. The van der Waals surface area contributed by atoms with Gasteiger partial charge < -0.3 is 9.47 Å². The fourth-order valence-corrected chi connectivity index (χ4v) is 2.02. The Morgan fingerprint density at radius 1 is 1.24 bits per heavy atom. The van der Waals surface area contributed by atoms with Crippen LogP contribution in [0.2, 0.25) is 0 Å². The molecule has 17 heavy (non-hydrogen) atoms. The zero-order chi connectivity index (χ0) is 12.5.